The van der Waals surface area contributed by atoms with Crippen molar-refractivity contribution in [2.75, 3.05) is 32.7 Å². The van der Waals surface area contributed by atoms with Crippen LogP contribution in [0, 0.1) is 5.82 Å². The summed E-state index contributed by atoms with van der Waals surface area (Å²) in [5.74, 6) is -0.520. The minimum Gasteiger partial charge on any atom is -0.388 e. The molecule has 0 bridgehead atoms. The van der Waals surface area contributed by atoms with E-state index in [-0.39, 0.29) is 24.3 Å². The zero-order valence-electron chi connectivity index (χ0n) is 14.2. The number of benzene rings is 1. The van der Waals surface area contributed by atoms with Crippen LogP contribution < -0.4 is 5.32 Å². The fourth-order valence-corrected chi connectivity index (χ4v) is 3.57. The lowest BCUT2D eigenvalue weighted by Crippen LogP contribution is -2.57. The van der Waals surface area contributed by atoms with Crippen molar-refractivity contribution in [3.05, 3.63) is 35.6 Å². The Hall–Kier alpha value is -1.99. The highest BCUT2D eigenvalue weighted by Gasteiger charge is 2.32. The number of carbonyl (C=O) groups excluding carboxylic acids is 2. The largest absolute Gasteiger partial charge is 0.388 e. The molecule has 2 amide bonds. The van der Waals surface area contributed by atoms with Crippen LogP contribution in [-0.4, -0.2) is 65.5 Å². The van der Waals surface area contributed by atoms with Gasteiger partial charge >= 0.3 is 0 Å². The van der Waals surface area contributed by atoms with E-state index < -0.39 is 11.9 Å². The van der Waals surface area contributed by atoms with Gasteiger partial charge in [0.15, 0.2) is 0 Å². The Morgan fingerprint density at radius 1 is 1.40 bits per heavy atom. The third kappa shape index (κ3) is 4.35. The van der Waals surface area contributed by atoms with Crippen molar-refractivity contribution in [1.82, 2.24) is 15.1 Å². The van der Waals surface area contributed by atoms with Crippen molar-refractivity contribution in [3.8, 4) is 0 Å². The van der Waals surface area contributed by atoms with Gasteiger partial charge < -0.3 is 20.2 Å². The van der Waals surface area contributed by atoms with Crippen molar-refractivity contribution < 1.29 is 19.1 Å². The number of nitrogens with one attached hydrogen (secondary N) is 1. The predicted octanol–water partition coefficient (Wildman–Crippen LogP) is 0.672. The first kappa shape index (κ1) is 17.8. The van der Waals surface area contributed by atoms with Crippen LogP contribution in [0.2, 0.25) is 0 Å². The highest BCUT2D eigenvalue weighted by atomic mass is 19.1. The van der Waals surface area contributed by atoms with E-state index in [9.17, 15) is 19.1 Å². The number of nitrogens with zero attached hydrogens (tertiary/aromatic N) is 2. The fraction of sp³-hybridized carbons (Fsp3) is 0.556. The average Bonchev–Trinajstić information content (AvgIpc) is 2.62. The molecule has 0 aliphatic carbocycles. The van der Waals surface area contributed by atoms with Gasteiger partial charge in [-0.3, -0.25) is 9.59 Å². The summed E-state index contributed by atoms with van der Waals surface area (Å²) in [6.07, 6.45) is 0.626. The van der Waals surface area contributed by atoms with E-state index in [1.807, 2.05) is 4.90 Å². The molecule has 2 aliphatic rings. The van der Waals surface area contributed by atoms with E-state index in [1.54, 1.807) is 11.0 Å². The summed E-state index contributed by atoms with van der Waals surface area (Å²) in [5, 5.41) is 13.3. The summed E-state index contributed by atoms with van der Waals surface area (Å²) in [4.78, 5) is 28.2. The second-order valence-electron chi connectivity index (χ2n) is 6.67. The molecule has 0 unspecified atom stereocenters. The zero-order chi connectivity index (χ0) is 17.8. The normalized spacial score (nSPS) is 22.8. The summed E-state index contributed by atoms with van der Waals surface area (Å²) in [6, 6.07) is 5.72. The Bertz CT molecular complexity index is 640. The van der Waals surface area contributed by atoms with Gasteiger partial charge in [0.1, 0.15) is 5.82 Å². The summed E-state index contributed by atoms with van der Waals surface area (Å²) >= 11 is 0. The van der Waals surface area contributed by atoms with Crippen LogP contribution in [0.3, 0.4) is 0 Å². The molecule has 0 aromatic heterocycles. The monoisotopic (exact) mass is 349 g/mol. The van der Waals surface area contributed by atoms with Gasteiger partial charge in [-0.25, -0.2) is 4.39 Å². The number of piperazine rings is 1. The molecular weight excluding hydrogens is 325 g/mol. The number of likely N-dealkylation sites (tertiary alicyclic amines) is 1. The molecule has 7 heteroatoms. The summed E-state index contributed by atoms with van der Waals surface area (Å²) < 4.78 is 13.3. The molecular formula is C18H24FN3O3. The first-order valence-corrected chi connectivity index (χ1v) is 8.76. The zero-order valence-corrected chi connectivity index (χ0v) is 14.2. The molecule has 3 rings (SSSR count). The van der Waals surface area contributed by atoms with Gasteiger partial charge in [-0.1, -0.05) is 12.1 Å². The van der Waals surface area contributed by atoms with Gasteiger partial charge in [-0.05, 0) is 30.5 Å². The number of aliphatic hydroxyl groups excluding tert-OH is 1. The third-order valence-electron chi connectivity index (χ3n) is 4.92. The minimum atomic E-state index is -1.02. The quantitative estimate of drug-likeness (QED) is 0.838. The average molecular weight is 349 g/mol. The number of amides is 2. The highest BCUT2D eigenvalue weighted by molar-refractivity contribution is 5.80. The second kappa shape index (κ2) is 7.93. The number of piperidine rings is 1. The molecule has 0 spiro atoms. The number of hydrogen-bond donors (Lipinski definition) is 2. The maximum absolute atomic E-state index is 13.3. The van der Waals surface area contributed by atoms with Gasteiger partial charge in [-0.15, -0.1) is 0 Å². The molecule has 6 nitrogen and oxygen atoms in total. The van der Waals surface area contributed by atoms with Crippen LogP contribution in [0.4, 0.5) is 4.39 Å². The Kier molecular flexibility index (Phi) is 5.65. The van der Waals surface area contributed by atoms with Crippen LogP contribution >= 0.6 is 0 Å². The molecule has 2 fully saturated rings. The molecule has 136 valence electrons. The third-order valence-corrected chi connectivity index (χ3v) is 4.92. The molecule has 0 saturated carbocycles. The SMILES string of the molecule is O=C(C[C@@H](O)c1cccc(F)c1)N1CCC[C@H](N2CCNCC2=O)C1. The topological polar surface area (TPSA) is 72.9 Å². The van der Waals surface area contributed by atoms with Gasteiger partial charge in [0, 0.05) is 32.2 Å². The number of halogens is 1. The molecule has 2 aliphatic heterocycles. The summed E-state index contributed by atoms with van der Waals surface area (Å²) in [6.45, 7) is 2.92. The van der Waals surface area contributed by atoms with Crippen molar-refractivity contribution in [3.63, 3.8) is 0 Å². The van der Waals surface area contributed by atoms with Crippen LogP contribution in [0.15, 0.2) is 24.3 Å². The van der Waals surface area contributed by atoms with Gasteiger partial charge in [0.25, 0.3) is 0 Å². The van der Waals surface area contributed by atoms with E-state index in [0.29, 0.717) is 31.7 Å². The van der Waals surface area contributed by atoms with E-state index in [2.05, 4.69) is 5.32 Å². The van der Waals surface area contributed by atoms with Crippen molar-refractivity contribution in [1.29, 1.82) is 0 Å². The van der Waals surface area contributed by atoms with Gasteiger partial charge in [0.05, 0.1) is 19.1 Å². The van der Waals surface area contributed by atoms with Crippen molar-refractivity contribution >= 4 is 11.8 Å². The Balaban J connectivity index is 1.59. The summed E-state index contributed by atoms with van der Waals surface area (Å²) in [7, 11) is 0. The Labute approximate surface area is 146 Å². The Morgan fingerprint density at radius 2 is 2.24 bits per heavy atom. The van der Waals surface area contributed by atoms with Gasteiger partial charge in [0.2, 0.25) is 11.8 Å². The molecule has 2 heterocycles. The second-order valence-corrected chi connectivity index (χ2v) is 6.67. The van der Waals surface area contributed by atoms with Gasteiger partial charge in [-0.2, -0.15) is 0 Å². The Morgan fingerprint density at radius 3 is 3.00 bits per heavy atom. The first-order valence-electron chi connectivity index (χ1n) is 8.76. The molecule has 2 atom stereocenters. The van der Waals surface area contributed by atoms with E-state index in [0.717, 1.165) is 19.4 Å². The van der Waals surface area contributed by atoms with Crippen LogP contribution in [0.5, 0.6) is 0 Å². The van der Waals surface area contributed by atoms with Crippen molar-refractivity contribution in [2.24, 2.45) is 0 Å². The number of aliphatic hydroxyl groups is 1. The molecule has 2 N–H and O–H groups in total. The lowest BCUT2D eigenvalue weighted by molar-refractivity contribution is -0.141. The summed E-state index contributed by atoms with van der Waals surface area (Å²) in [5.41, 5.74) is 0.402. The maximum Gasteiger partial charge on any atom is 0.236 e. The van der Waals surface area contributed by atoms with E-state index in [1.165, 1.54) is 18.2 Å². The smallest absolute Gasteiger partial charge is 0.236 e. The lowest BCUT2D eigenvalue weighted by atomic mass is 10.0. The van der Waals surface area contributed by atoms with E-state index >= 15 is 0 Å². The predicted molar refractivity (Wildman–Crippen MR) is 90.2 cm³/mol. The number of hydrogen-bond acceptors (Lipinski definition) is 4. The van der Waals surface area contributed by atoms with E-state index in [4.69, 9.17) is 0 Å². The number of carbonyl (C=O) groups is 2. The first-order chi connectivity index (χ1) is 12.0. The van der Waals surface area contributed by atoms with Crippen LogP contribution in [-0.2, 0) is 9.59 Å². The molecule has 0 radical (unpaired) electrons. The molecule has 1 aromatic carbocycles. The fourth-order valence-electron chi connectivity index (χ4n) is 3.57. The van der Waals surface area contributed by atoms with Crippen LogP contribution in [0.25, 0.3) is 0 Å². The maximum atomic E-state index is 13.3. The standard InChI is InChI=1S/C18H24FN3O3/c19-14-4-1-3-13(9-14)16(23)10-17(24)21-7-2-5-15(12-21)22-8-6-20-11-18(22)25/h1,3-4,9,15-16,20,23H,2,5-8,10-12H2/t15-,16+/m0/s1. The van der Waals surface area contributed by atoms with Crippen molar-refractivity contribution in [2.45, 2.75) is 31.4 Å². The molecule has 2 saturated heterocycles. The highest BCUT2D eigenvalue weighted by Crippen LogP contribution is 2.22. The minimum absolute atomic E-state index is 0.0404. The number of rotatable bonds is 4. The molecule has 25 heavy (non-hydrogen) atoms. The lowest BCUT2D eigenvalue weighted by Gasteiger charge is -2.41. The molecule has 1 aromatic rings. The van der Waals surface area contributed by atoms with Crippen LogP contribution in [0.1, 0.15) is 30.9 Å².